The van der Waals surface area contributed by atoms with Crippen molar-refractivity contribution in [1.82, 2.24) is 51.9 Å². The minimum atomic E-state index is -0.913. The number of aryl methyl sites for hydroxylation is 2. The average Bonchev–Trinajstić information content (AvgIpc) is 4.03. The summed E-state index contributed by atoms with van der Waals surface area (Å²) < 4.78 is 0. The molecule has 17 heteroatoms. The molecule has 74 heavy (non-hydrogen) atoms. The van der Waals surface area contributed by atoms with Gasteiger partial charge >= 0.3 is 0 Å². The van der Waals surface area contributed by atoms with Gasteiger partial charge in [0, 0.05) is 38.3 Å². The van der Waals surface area contributed by atoms with Crippen LogP contribution in [0.3, 0.4) is 0 Å². The molecule has 6 amide bonds. The van der Waals surface area contributed by atoms with Gasteiger partial charge in [0.15, 0.2) is 0 Å². The van der Waals surface area contributed by atoms with Crippen LogP contribution in [0.4, 0.5) is 0 Å². The molecule has 0 saturated carbocycles. The van der Waals surface area contributed by atoms with Crippen LogP contribution >= 0.6 is 11.8 Å². The average molecular weight is 1040 g/mol. The molecule has 402 valence electrons. The van der Waals surface area contributed by atoms with E-state index in [1.807, 2.05) is 65.8 Å². The molecule has 0 bridgehead atoms. The number of carbonyl (C=O) groups excluding carboxylic acids is 6. The highest BCUT2D eigenvalue weighted by molar-refractivity contribution is 6.15. The molecular weight excluding hydrogens is 956 g/mol. The molecule has 0 spiro atoms. The molecule has 2 fully saturated rings. The third-order valence-electron chi connectivity index (χ3n) is 15.5. The molecule has 2 aliphatic heterocycles. The van der Waals surface area contributed by atoms with Crippen molar-refractivity contribution >= 4 is 47.2 Å². The summed E-state index contributed by atoms with van der Waals surface area (Å²) in [5.74, 6) is -1.73. The molecular formula is C57H81ClN10O6. The highest BCUT2D eigenvalue weighted by Gasteiger charge is 2.47. The van der Waals surface area contributed by atoms with Crippen LogP contribution < -0.4 is 42.1 Å². The standard InChI is InChI=1S/C57H81ClN10O6/c1-34(59-9)50(69)64-48(56(3,4)5)54(73)67-32-40(28-46(67)52(71)62-44-22-14-18-38-16-10-12-20-42(38)44)60-30-36-24-26-37(27-25-36)31-61-41-29-47(53(72)63-45-23-15-19-39-17-11-13-21-43(39)45)68(33-41)55(74)49(57(6,7)8)65-51(70)35(2)66-58/h10-13,16-17,20-21,24-27,34-35,40-41,44-49,59-61,66H,14-15,18-19,22-23,28-33H2,1-9H3,(H,62,71)(H,63,72)(H,64,69)(H,65,70)/t34-,35-,40-,41-,44+,45+,46-,47-,48+,49+/m0/s1. The third-order valence-corrected chi connectivity index (χ3v) is 15.9. The number of amides is 6. The number of fused-ring (bicyclic) bond motifs is 2. The summed E-state index contributed by atoms with van der Waals surface area (Å²) in [5, 5.41) is 22.7. The number of nitrogens with one attached hydrogen (secondary N) is 8. The molecule has 3 aromatic carbocycles. The molecule has 0 radical (unpaired) electrons. The largest absolute Gasteiger partial charge is 0.347 e. The van der Waals surface area contributed by atoms with Crippen molar-refractivity contribution in [3.8, 4) is 0 Å². The Balaban J connectivity index is 1.02. The first-order valence-electron chi connectivity index (χ1n) is 26.7. The molecule has 0 unspecified atom stereocenters. The first-order valence-corrected chi connectivity index (χ1v) is 27.1. The van der Waals surface area contributed by atoms with Crippen LogP contribution in [0.15, 0.2) is 72.8 Å². The van der Waals surface area contributed by atoms with Gasteiger partial charge in [-0.2, -0.15) is 0 Å². The minimum absolute atomic E-state index is 0.150. The van der Waals surface area contributed by atoms with E-state index in [4.69, 9.17) is 11.8 Å². The second-order valence-electron chi connectivity index (χ2n) is 23.2. The highest BCUT2D eigenvalue weighted by Crippen LogP contribution is 2.34. The molecule has 2 saturated heterocycles. The molecule has 2 heterocycles. The molecule has 2 aliphatic carbocycles. The number of nitrogens with zero attached hydrogens (tertiary/aromatic N) is 2. The summed E-state index contributed by atoms with van der Waals surface area (Å²) >= 11 is 5.80. The van der Waals surface area contributed by atoms with Crippen molar-refractivity contribution in [2.45, 2.75) is 180 Å². The summed E-state index contributed by atoms with van der Waals surface area (Å²) in [7, 11) is 1.70. The zero-order chi connectivity index (χ0) is 53.5. The zero-order valence-electron chi connectivity index (χ0n) is 44.9. The highest BCUT2D eigenvalue weighted by atomic mass is 35.5. The van der Waals surface area contributed by atoms with E-state index >= 15 is 0 Å². The Labute approximate surface area is 443 Å². The Morgan fingerprint density at radius 2 is 0.986 bits per heavy atom. The van der Waals surface area contributed by atoms with Crippen LogP contribution in [0.5, 0.6) is 0 Å². The van der Waals surface area contributed by atoms with Crippen LogP contribution in [0.25, 0.3) is 0 Å². The lowest BCUT2D eigenvalue weighted by atomic mass is 9.85. The van der Waals surface area contributed by atoms with Gasteiger partial charge in [-0.1, -0.05) is 114 Å². The summed E-state index contributed by atoms with van der Waals surface area (Å²) in [6.45, 7) is 16.4. The number of carbonyl (C=O) groups is 6. The molecule has 16 nitrogen and oxygen atoms in total. The lowest BCUT2D eigenvalue weighted by Crippen LogP contribution is -2.59. The summed E-state index contributed by atoms with van der Waals surface area (Å²) in [6.07, 6.45) is 6.26. The van der Waals surface area contributed by atoms with E-state index in [0.717, 1.165) is 60.8 Å². The van der Waals surface area contributed by atoms with Crippen molar-refractivity contribution in [2.24, 2.45) is 10.8 Å². The fourth-order valence-corrected chi connectivity index (χ4v) is 11.0. The Morgan fingerprint density at radius 3 is 1.36 bits per heavy atom. The minimum Gasteiger partial charge on any atom is -0.347 e. The lowest BCUT2D eigenvalue weighted by molar-refractivity contribution is -0.144. The molecule has 4 aliphatic rings. The second kappa shape index (κ2) is 24.5. The Hall–Kier alpha value is -5.39. The van der Waals surface area contributed by atoms with Crippen molar-refractivity contribution in [1.29, 1.82) is 0 Å². The maximum absolute atomic E-state index is 14.6. The van der Waals surface area contributed by atoms with E-state index in [1.54, 1.807) is 30.7 Å². The number of rotatable bonds is 18. The molecule has 7 rings (SSSR count). The van der Waals surface area contributed by atoms with Gasteiger partial charge in [-0.15, -0.1) is 0 Å². The smallest absolute Gasteiger partial charge is 0.246 e. The van der Waals surface area contributed by atoms with E-state index in [2.05, 4.69) is 90.6 Å². The van der Waals surface area contributed by atoms with Gasteiger partial charge in [0.25, 0.3) is 0 Å². The fourth-order valence-electron chi connectivity index (χ4n) is 10.9. The van der Waals surface area contributed by atoms with E-state index in [0.29, 0.717) is 32.5 Å². The maximum Gasteiger partial charge on any atom is 0.246 e. The molecule has 10 atom stereocenters. The first-order chi connectivity index (χ1) is 35.2. The van der Waals surface area contributed by atoms with Crippen molar-refractivity contribution < 1.29 is 28.8 Å². The second-order valence-corrected chi connectivity index (χ2v) is 23.4. The Morgan fingerprint density at radius 1 is 0.595 bits per heavy atom. The summed E-state index contributed by atoms with van der Waals surface area (Å²) in [5.41, 5.74) is 5.42. The maximum atomic E-state index is 14.6. The SMILES string of the molecule is CN[C@@H](C)C(=O)N[C@H](C(=O)N1C[C@@H](NCc2ccc(CN[C@H]3C[C@@H](C(=O)N[C@@H]4CCCc5ccccc54)N(C(=O)[C@@H](NC(=O)[C@H](C)NCl)C(C)(C)C)C3)cc2)C[C@H]1C(=O)N[C@@H]1CCCc2ccccc21)C(C)(C)C. The van der Waals surface area contributed by atoms with Gasteiger partial charge in [0.2, 0.25) is 35.4 Å². The predicted molar refractivity (Wildman–Crippen MR) is 288 cm³/mol. The number of likely N-dealkylation sites (N-methyl/N-ethyl adjacent to an activating group) is 1. The molecule has 0 aromatic heterocycles. The van der Waals surface area contributed by atoms with Crippen LogP contribution in [0.2, 0.25) is 0 Å². The van der Waals surface area contributed by atoms with Crippen LogP contribution in [-0.4, -0.2) is 114 Å². The van der Waals surface area contributed by atoms with Crippen molar-refractivity contribution in [3.63, 3.8) is 0 Å². The Kier molecular flexibility index (Phi) is 18.7. The van der Waals surface area contributed by atoms with Gasteiger partial charge in [-0.25, -0.2) is 4.84 Å². The van der Waals surface area contributed by atoms with Crippen LogP contribution in [-0.2, 0) is 54.7 Å². The zero-order valence-corrected chi connectivity index (χ0v) is 45.7. The lowest BCUT2D eigenvalue weighted by Gasteiger charge is -2.36. The Bertz CT molecular complexity index is 2310. The van der Waals surface area contributed by atoms with Crippen LogP contribution in [0, 0.1) is 10.8 Å². The number of halogens is 1. The van der Waals surface area contributed by atoms with E-state index in [9.17, 15) is 28.8 Å². The summed E-state index contributed by atoms with van der Waals surface area (Å²) in [6, 6.07) is 19.4. The van der Waals surface area contributed by atoms with E-state index in [1.165, 1.54) is 11.1 Å². The van der Waals surface area contributed by atoms with Gasteiger partial charge < -0.3 is 47.0 Å². The monoisotopic (exact) mass is 1040 g/mol. The quantitative estimate of drug-likeness (QED) is 0.0802. The van der Waals surface area contributed by atoms with Crippen LogP contribution in [0.1, 0.15) is 139 Å². The fraction of sp³-hybridized carbons (Fsp3) is 0.579. The van der Waals surface area contributed by atoms with Crippen molar-refractivity contribution in [3.05, 3.63) is 106 Å². The van der Waals surface area contributed by atoms with E-state index in [-0.39, 0.29) is 60.2 Å². The number of hydrogen-bond acceptors (Lipinski definition) is 10. The molecule has 3 aromatic rings. The summed E-state index contributed by atoms with van der Waals surface area (Å²) in [4.78, 5) is 90.0. The van der Waals surface area contributed by atoms with Gasteiger partial charge in [0.1, 0.15) is 24.2 Å². The van der Waals surface area contributed by atoms with Gasteiger partial charge in [0.05, 0.1) is 24.2 Å². The van der Waals surface area contributed by atoms with Gasteiger partial charge in [-0.3, -0.25) is 28.8 Å². The van der Waals surface area contributed by atoms with Gasteiger partial charge in [-0.05, 0) is 128 Å². The predicted octanol–water partition coefficient (Wildman–Crippen LogP) is 4.99. The number of hydrogen-bond donors (Lipinski definition) is 8. The number of likely N-dealkylation sites (tertiary alicyclic amines) is 2. The first kappa shape index (κ1) is 56.3. The molecule has 8 N–H and O–H groups in total. The normalized spacial score (nSPS) is 23.4. The third kappa shape index (κ3) is 13.7. The van der Waals surface area contributed by atoms with Crippen molar-refractivity contribution in [2.75, 3.05) is 20.1 Å². The number of benzene rings is 3. The topological polar surface area (TPSA) is 205 Å². The van der Waals surface area contributed by atoms with E-state index < -0.39 is 53.0 Å².